The van der Waals surface area contributed by atoms with Gasteiger partial charge in [0.2, 0.25) is 0 Å². The van der Waals surface area contributed by atoms with Gasteiger partial charge in [0.25, 0.3) is 0 Å². The van der Waals surface area contributed by atoms with E-state index >= 15 is 0 Å². The monoisotopic (exact) mass is 334 g/mol. The van der Waals surface area contributed by atoms with Crippen LogP contribution in [0, 0.1) is 29.4 Å². The molecule has 0 atom stereocenters. The molecule has 0 unspecified atom stereocenters. The van der Waals surface area contributed by atoms with E-state index in [-0.39, 0.29) is 11.7 Å². The average Bonchev–Trinajstić information content (AvgIpc) is 2.59. The summed E-state index contributed by atoms with van der Waals surface area (Å²) in [5, 5.41) is 0. The lowest BCUT2D eigenvalue weighted by Gasteiger charge is -2.37. The summed E-state index contributed by atoms with van der Waals surface area (Å²) in [4.78, 5) is 0. The van der Waals surface area contributed by atoms with Crippen molar-refractivity contribution >= 4 is 0 Å². The molecule has 132 valence electrons. The lowest BCUT2D eigenvalue weighted by molar-refractivity contribution is 0.165. The molecule has 2 aliphatic carbocycles. The van der Waals surface area contributed by atoms with Gasteiger partial charge in [0, 0.05) is 0 Å². The summed E-state index contributed by atoms with van der Waals surface area (Å²) in [6.07, 6.45) is 11.0. The first kappa shape index (κ1) is 17.4. The highest BCUT2D eigenvalue weighted by molar-refractivity contribution is 5.33. The quantitative estimate of drug-likeness (QED) is 0.565. The number of halogens is 2. The molecular formula is C21H28F2O. The summed E-state index contributed by atoms with van der Waals surface area (Å²) >= 11 is 0. The largest absolute Gasteiger partial charge is 0.459 e. The zero-order chi connectivity index (χ0) is 17.1. The molecule has 0 N–H and O–H groups in total. The molecule has 0 aliphatic heterocycles. The predicted molar refractivity (Wildman–Crippen MR) is 93.0 cm³/mol. The first-order chi connectivity index (χ1) is 11.6. The summed E-state index contributed by atoms with van der Waals surface area (Å²) in [5.41, 5.74) is 0.775. The second-order valence-electron chi connectivity index (χ2n) is 7.73. The molecule has 0 spiro atoms. The van der Waals surface area contributed by atoms with Crippen molar-refractivity contribution in [2.75, 3.05) is 0 Å². The second kappa shape index (κ2) is 7.67. The maximum atomic E-state index is 14.0. The Balaban J connectivity index is 1.61. The van der Waals surface area contributed by atoms with Crippen LogP contribution in [0.5, 0.6) is 5.75 Å². The highest BCUT2D eigenvalue weighted by Crippen LogP contribution is 2.44. The fourth-order valence-electron chi connectivity index (χ4n) is 4.69. The van der Waals surface area contributed by atoms with Crippen molar-refractivity contribution in [3.05, 3.63) is 42.2 Å². The van der Waals surface area contributed by atoms with E-state index in [2.05, 4.69) is 13.5 Å². The van der Waals surface area contributed by atoms with Crippen molar-refractivity contribution in [2.45, 2.75) is 64.2 Å². The third kappa shape index (κ3) is 3.81. The summed E-state index contributed by atoms with van der Waals surface area (Å²) in [7, 11) is 0. The third-order valence-corrected chi connectivity index (χ3v) is 6.19. The highest BCUT2D eigenvalue weighted by atomic mass is 19.1. The van der Waals surface area contributed by atoms with Crippen molar-refractivity contribution in [2.24, 2.45) is 17.8 Å². The minimum Gasteiger partial charge on any atom is -0.459 e. The minimum atomic E-state index is -0.631. The van der Waals surface area contributed by atoms with Gasteiger partial charge in [0.15, 0.2) is 17.4 Å². The first-order valence-electron chi connectivity index (χ1n) is 9.35. The Morgan fingerprint density at radius 3 is 1.92 bits per heavy atom. The predicted octanol–water partition coefficient (Wildman–Crippen LogP) is 6.59. The molecule has 0 amide bonds. The van der Waals surface area contributed by atoms with Crippen molar-refractivity contribution in [1.29, 1.82) is 0 Å². The second-order valence-corrected chi connectivity index (χ2v) is 7.73. The Labute approximate surface area is 144 Å². The van der Waals surface area contributed by atoms with Crippen molar-refractivity contribution < 1.29 is 13.5 Å². The van der Waals surface area contributed by atoms with Crippen LogP contribution in [0.3, 0.4) is 0 Å². The molecule has 1 aromatic rings. The van der Waals surface area contributed by atoms with Crippen LogP contribution < -0.4 is 4.74 Å². The van der Waals surface area contributed by atoms with Gasteiger partial charge in [0.1, 0.15) is 0 Å². The maximum Gasteiger partial charge on any atom is 0.197 e. The number of ether oxygens (including phenoxy) is 1. The van der Waals surface area contributed by atoms with Gasteiger partial charge in [-0.25, -0.2) is 8.78 Å². The Bertz CT molecular complexity index is 544. The van der Waals surface area contributed by atoms with E-state index in [0.29, 0.717) is 0 Å². The van der Waals surface area contributed by atoms with Crippen LogP contribution in [0.2, 0.25) is 0 Å². The third-order valence-electron chi connectivity index (χ3n) is 6.19. The van der Waals surface area contributed by atoms with Gasteiger partial charge < -0.3 is 4.74 Å². The summed E-state index contributed by atoms with van der Waals surface area (Å²) in [6.45, 7) is 5.71. The molecule has 3 rings (SSSR count). The van der Waals surface area contributed by atoms with Gasteiger partial charge in [-0.3, -0.25) is 0 Å². The highest BCUT2D eigenvalue weighted by Gasteiger charge is 2.31. The van der Waals surface area contributed by atoms with Gasteiger partial charge in [-0.2, -0.15) is 0 Å². The smallest absolute Gasteiger partial charge is 0.197 e. The number of hydrogen-bond acceptors (Lipinski definition) is 1. The summed E-state index contributed by atoms with van der Waals surface area (Å²) < 4.78 is 32.9. The van der Waals surface area contributed by atoms with E-state index in [0.717, 1.165) is 42.4 Å². The zero-order valence-electron chi connectivity index (χ0n) is 14.6. The van der Waals surface area contributed by atoms with E-state index in [1.165, 1.54) is 50.7 Å². The van der Waals surface area contributed by atoms with E-state index in [1.54, 1.807) is 0 Å². The van der Waals surface area contributed by atoms with Crippen LogP contribution in [-0.4, -0.2) is 0 Å². The zero-order valence-corrected chi connectivity index (χ0v) is 14.6. The molecule has 0 saturated heterocycles. The molecular weight excluding hydrogens is 306 g/mol. The Kier molecular flexibility index (Phi) is 5.57. The number of benzene rings is 1. The Morgan fingerprint density at radius 1 is 0.917 bits per heavy atom. The van der Waals surface area contributed by atoms with Crippen LogP contribution in [0.25, 0.3) is 0 Å². The molecule has 1 aromatic carbocycles. The first-order valence-corrected chi connectivity index (χ1v) is 9.35. The lowest BCUT2D eigenvalue weighted by atomic mass is 9.68. The molecule has 0 radical (unpaired) electrons. The van der Waals surface area contributed by atoms with E-state index in [9.17, 15) is 8.78 Å². The van der Waals surface area contributed by atoms with E-state index < -0.39 is 11.6 Å². The van der Waals surface area contributed by atoms with Crippen molar-refractivity contribution in [1.82, 2.24) is 0 Å². The van der Waals surface area contributed by atoms with Gasteiger partial charge in [-0.05, 0) is 79.9 Å². The summed E-state index contributed by atoms with van der Waals surface area (Å²) in [5.74, 6) is 1.23. The van der Waals surface area contributed by atoms with Crippen molar-refractivity contribution in [3.63, 3.8) is 0 Å². The van der Waals surface area contributed by atoms with Crippen LogP contribution in [0.4, 0.5) is 8.78 Å². The van der Waals surface area contributed by atoms with E-state index in [1.807, 2.05) is 0 Å². The fourth-order valence-corrected chi connectivity index (χ4v) is 4.69. The molecule has 24 heavy (non-hydrogen) atoms. The Morgan fingerprint density at radius 2 is 1.42 bits per heavy atom. The molecule has 0 heterocycles. The fraction of sp³-hybridized carbons (Fsp3) is 0.619. The van der Waals surface area contributed by atoms with Crippen LogP contribution in [0.1, 0.15) is 69.8 Å². The standard InChI is InChI=1S/C21H28F2O/c1-3-24-21-19(22)12-18(13-20(21)23)17-10-8-16(9-11-17)15-6-4-14(2)5-7-15/h3,12-17H,1,4-11H2,2H3. The average molecular weight is 334 g/mol. The molecule has 0 bridgehead atoms. The maximum absolute atomic E-state index is 14.0. The lowest BCUT2D eigenvalue weighted by Crippen LogP contribution is -2.24. The number of hydrogen-bond donors (Lipinski definition) is 0. The topological polar surface area (TPSA) is 9.23 Å². The van der Waals surface area contributed by atoms with Gasteiger partial charge in [0.05, 0.1) is 6.26 Å². The minimum absolute atomic E-state index is 0.269. The molecule has 3 heteroatoms. The van der Waals surface area contributed by atoms with Crippen LogP contribution >= 0.6 is 0 Å². The van der Waals surface area contributed by atoms with Gasteiger partial charge in [-0.1, -0.05) is 26.3 Å². The summed E-state index contributed by atoms with van der Waals surface area (Å²) in [6, 6.07) is 2.88. The van der Waals surface area contributed by atoms with Crippen LogP contribution in [0.15, 0.2) is 25.0 Å². The van der Waals surface area contributed by atoms with Gasteiger partial charge in [-0.15, -0.1) is 0 Å². The SMILES string of the molecule is C=COc1c(F)cc(C2CCC(C3CCC(C)CC3)CC2)cc1F. The van der Waals surface area contributed by atoms with Crippen LogP contribution in [-0.2, 0) is 0 Å². The molecule has 1 nitrogen and oxygen atoms in total. The van der Waals surface area contributed by atoms with E-state index in [4.69, 9.17) is 4.74 Å². The molecule has 2 saturated carbocycles. The molecule has 2 aliphatic rings. The molecule has 0 aromatic heterocycles. The normalized spacial score (nSPS) is 30.8. The number of rotatable bonds is 4. The molecule has 2 fully saturated rings. The van der Waals surface area contributed by atoms with Gasteiger partial charge >= 0.3 is 0 Å². The Hall–Kier alpha value is -1.38. The van der Waals surface area contributed by atoms with Crippen molar-refractivity contribution in [3.8, 4) is 5.75 Å².